The van der Waals surface area contributed by atoms with Crippen LogP contribution in [0.2, 0.25) is 0 Å². The van der Waals surface area contributed by atoms with Crippen LogP contribution in [0.5, 0.6) is 0 Å². The van der Waals surface area contributed by atoms with E-state index in [-0.39, 0.29) is 0 Å². The molecule has 0 heterocycles. The molecule has 3 N–H and O–H groups in total. The number of carbonyl (C=O) groups excluding carboxylic acids is 1. The lowest BCUT2D eigenvalue weighted by Gasteiger charge is -2.16. The maximum atomic E-state index is 10.5. The summed E-state index contributed by atoms with van der Waals surface area (Å²) in [5, 5.41) is 27.5. The van der Waals surface area contributed by atoms with Crippen LogP contribution in [-0.2, 0) is 4.79 Å². The van der Waals surface area contributed by atoms with Crippen molar-refractivity contribution >= 4 is 12.3 Å². The molecule has 0 aliphatic carbocycles. The molecule has 0 aliphatic heterocycles. The molecule has 2 unspecified atom stereocenters. The van der Waals surface area contributed by atoms with Gasteiger partial charge in [0, 0.05) is 5.56 Å². The minimum absolute atomic E-state index is 0.318. The summed E-state index contributed by atoms with van der Waals surface area (Å²) in [5.74, 6) is -1.20. The third-order valence-electron chi connectivity index (χ3n) is 2.14. The Hall–Kier alpha value is -1.72. The number of aliphatic carboxylic acids is 1. The molecule has 0 bridgehead atoms. The molecule has 86 valence electrons. The first-order valence-corrected chi connectivity index (χ1v) is 4.67. The molecule has 0 radical (unpaired) electrons. The van der Waals surface area contributed by atoms with Gasteiger partial charge in [-0.05, 0) is 11.6 Å². The number of carboxylic acid groups (broad SMARTS) is 1. The predicted octanol–water partition coefficient (Wildman–Crippen LogP) is 0.368. The van der Waals surface area contributed by atoms with Crippen LogP contribution in [0, 0.1) is 0 Å². The number of aldehydes is 1. The fraction of sp³-hybridized carbons (Fsp3) is 0.273. The molecule has 0 saturated carbocycles. The lowest BCUT2D eigenvalue weighted by molar-refractivity contribution is -0.141. The van der Waals surface area contributed by atoms with Crippen molar-refractivity contribution in [2.45, 2.75) is 18.6 Å². The summed E-state index contributed by atoms with van der Waals surface area (Å²) >= 11 is 0. The van der Waals surface area contributed by atoms with Gasteiger partial charge in [0.1, 0.15) is 12.4 Å². The van der Waals surface area contributed by atoms with Crippen molar-refractivity contribution in [2.75, 3.05) is 0 Å². The van der Waals surface area contributed by atoms with Crippen molar-refractivity contribution in [1.82, 2.24) is 0 Å². The summed E-state index contributed by atoms with van der Waals surface area (Å²) in [6.45, 7) is 0. The minimum atomic E-state index is -1.39. The van der Waals surface area contributed by atoms with Gasteiger partial charge >= 0.3 is 5.97 Å². The smallest absolute Gasteiger partial charge is 0.306 e. The Morgan fingerprint density at radius 1 is 1.38 bits per heavy atom. The first-order valence-electron chi connectivity index (χ1n) is 4.67. The van der Waals surface area contributed by atoms with Crippen molar-refractivity contribution in [3.63, 3.8) is 0 Å². The summed E-state index contributed by atoms with van der Waals surface area (Å²) in [5.41, 5.74) is 0.678. The lowest BCUT2D eigenvalue weighted by Crippen LogP contribution is -2.21. The van der Waals surface area contributed by atoms with E-state index in [0.717, 1.165) is 0 Å². The summed E-state index contributed by atoms with van der Waals surface area (Å²) in [7, 11) is 0. The van der Waals surface area contributed by atoms with Crippen molar-refractivity contribution in [3.8, 4) is 0 Å². The maximum absolute atomic E-state index is 10.5. The quantitative estimate of drug-likeness (QED) is 0.628. The average molecular weight is 224 g/mol. The van der Waals surface area contributed by atoms with Crippen molar-refractivity contribution in [3.05, 3.63) is 35.4 Å². The van der Waals surface area contributed by atoms with Gasteiger partial charge in [-0.2, -0.15) is 0 Å². The van der Waals surface area contributed by atoms with Crippen molar-refractivity contribution in [1.29, 1.82) is 0 Å². The van der Waals surface area contributed by atoms with Crippen LogP contribution >= 0.6 is 0 Å². The number of carboxylic acids is 1. The molecular formula is C11H12O5. The van der Waals surface area contributed by atoms with E-state index < -0.39 is 24.6 Å². The molecule has 0 aliphatic rings. The van der Waals surface area contributed by atoms with Gasteiger partial charge in [0.15, 0.2) is 0 Å². The van der Waals surface area contributed by atoms with Crippen LogP contribution in [0.3, 0.4) is 0 Å². The Kier molecular flexibility index (Phi) is 4.16. The van der Waals surface area contributed by atoms with Crippen molar-refractivity contribution < 1.29 is 24.9 Å². The number of aliphatic hydroxyl groups is 2. The molecule has 0 aromatic heterocycles. The highest BCUT2D eigenvalue weighted by atomic mass is 16.4. The van der Waals surface area contributed by atoms with Gasteiger partial charge in [-0.3, -0.25) is 9.59 Å². The van der Waals surface area contributed by atoms with Gasteiger partial charge in [-0.25, -0.2) is 0 Å². The molecule has 1 aromatic rings. The number of aliphatic hydroxyl groups excluding tert-OH is 2. The Balaban J connectivity index is 2.82. The highest BCUT2D eigenvalue weighted by Crippen LogP contribution is 2.19. The molecule has 5 heteroatoms. The van der Waals surface area contributed by atoms with E-state index in [1.165, 1.54) is 12.1 Å². The molecule has 1 aromatic carbocycles. The Bertz CT molecular complexity index is 388. The molecule has 0 fully saturated rings. The van der Waals surface area contributed by atoms with Gasteiger partial charge < -0.3 is 15.3 Å². The first-order chi connectivity index (χ1) is 7.54. The topological polar surface area (TPSA) is 94.8 Å². The Morgan fingerprint density at radius 3 is 2.62 bits per heavy atom. The van der Waals surface area contributed by atoms with Gasteiger partial charge in [0.05, 0.1) is 12.5 Å². The van der Waals surface area contributed by atoms with Gasteiger partial charge in [0.25, 0.3) is 0 Å². The highest BCUT2D eigenvalue weighted by molar-refractivity contribution is 5.75. The van der Waals surface area contributed by atoms with Crippen LogP contribution in [0.25, 0.3) is 0 Å². The largest absolute Gasteiger partial charge is 0.481 e. The number of rotatable bonds is 5. The van der Waals surface area contributed by atoms with Gasteiger partial charge in [0.2, 0.25) is 0 Å². The minimum Gasteiger partial charge on any atom is -0.481 e. The summed E-state index contributed by atoms with van der Waals surface area (Å²) in [6.07, 6.45) is -2.64. The zero-order valence-corrected chi connectivity index (χ0v) is 8.41. The predicted molar refractivity (Wildman–Crippen MR) is 55.0 cm³/mol. The second-order valence-electron chi connectivity index (χ2n) is 3.40. The van der Waals surface area contributed by atoms with Gasteiger partial charge in [-0.15, -0.1) is 0 Å². The molecule has 0 amide bonds. The lowest BCUT2D eigenvalue weighted by atomic mass is 10.0. The monoisotopic (exact) mass is 224 g/mol. The number of carbonyl (C=O) groups is 2. The number of hydrogen-bond donors (Lipinski definition) is 3. The second-order valence-corrected chi connectivity index (χ2v) is 3.40. The number of benzene rings is 1. The Labute approximate surface area is 92.0 Å². The van der Waals surface area contributed by atoms with E-state index in [4.69, 9.17) is 5.11 Å². The fourth-order valence-electron chi connectivity index (χ4n) is 1.33. The van der Waals surface area contributed by atoms with Crippen LogP contribution in [0.1, 0.15) is 28.4 Å². The normalized spacial score (nSPS) is 14.1. The number of hydrogen-bond acceptors (Lipinski definition) is 4. The van der Waals surface area contributed by atoms with Crippen LogP contribution in [-0.4, -0.2) is 33.7 Å². The summed E-state index contributed by atoms with van der Waals surface area (Å²) < 4.78 is 0. The molecule has 16 heavy (non-hydrogen) atoms. The summed E-state index contributed by atoms with van der Waals surface area (Å²) in [4.78, 5) is 20.8. The highest BCUT2D eigenvalue weighted by Gasteiger charge is 2.21. The third-order valence-corrected chi connectivity index (χ3v) is 2.14. The average Bonchev–Trinajstić information content (AvgIpc) is 2.27. The zero-order chi connectivity index (χ0) is 12.1. The maximum Gasteiger partial charge on any atom is 0.306 e. The first kappa shape index (κ1) is 12.4. The molecule has 5 nitrogen and oxygen atoms in total. The van der Waals surface area contributed by atoms with Gasteiger partial charge in [-0.1, -0.05) is 18.2 Å². The molecular weight excluding hydrogens is 212 g/mol. The van der Waals surface area contributed by atoms with Crippen molar-refractivity contribution in [2.24, 2.45) is 0 Å². The Morgan fingerprint density at radius 2 is 2.06 bits per heavy atom. The fourth-order valence-corrected chi connectivity index (χ4v) is 1.33. The van der Waals surface area contributed by atoms with E-state index in [1.807, 2.05) is 0 Å². The molecule has 2 atom stereocenters. The third kappa shape index (κ3) is 3.15. The molecule has 0 spiro atoms. The molecule has 0 saturated heterocycles. The van der Waals surface area contributed by atoms with E-state index in [1.54, 1.807) is 12.1 Å². The van der Waals surface area contributed by atoms with E-state index in [9.17, 15) is 19.8 Å². The zero-order valence-electron chi connectivity index (χ0n) is 8.41. The van der Waals surface area contributed by atoms with E-state index >= 15 is 0 Å². The van der Waals surface area contributed by atoms with E-state index in [2.05, 4.69) is 0 Å². The van der Waals surface area contributed by atoms with E-state index in [0.29, 0.717) is 17.4 Å². The SMILES string of the molecule is O=Cc1cccc(C(O)C(O)CC(=O)O)c1. The second kappa shape index (κ2) is 5.39. The van der Waals surface area contributed by atoms with Crippen LogP contribution in [0.15, 0.2) is 24.3 Å². The molecule has 1 rings (SSSR count). The van der Waals surface area contributed by atoms with Crippen LogP contribution < -0.4 is 0 Å². The standard InChI is InChI=1S/C11H12O5/c12-6-7-2-1-3-8(4-7)11(16)9(13)5-10(14)15/h1-4,6,9,11,13,16H,5H2,(H,14,15). The summed E-state index contributed by atoms with van der Waals surface area (Å²) in [6, 6.07) is 6.02. The van der Waals surface area contributed by atoms with Crippen LogP contribution in [0.4, 0.5) is 0 Å².